The quantitative estimate of drug-likeness (QED) is 0.634. The Morgan fingerprint density at radius 1 is 1.33 bits per heavy atom. The fourth-order valence-corrected chi connectivity index (χ4v) is 3.33. The topological polar surface area (TPSA) is 60.4 Å². The Hall–Kier alpha value is -1.55. The predicted octanol–water partition coefficient (Wildman–Crippen LogP) is 2.78. The highest BCUT2D eigenvalue weighted by Gasteiger charge is 2.39. The second kappa shape index (κ2) is 5.68. The number of fused-ring (bicyclic) bond motifs is 1. The molecule has 21 heavy (non-hydrogen) atoms. The molecule has 0 radical (unpaired) electrons. The van der Waals surface area contributed by atoms with Gasteiger partial charge in [0.25, 0.3) is 0 Å². The standard InChI is InChI=1S/C16H21NO3S/c1-4-8-15-16(2,3)13-9-5-6-10-14(13)17(15)11-7-12-21(18,19)20/h4-6,9-10H,7,11-12H2,1-3H3,(H,18,19,20)/p-1. The first-order chi connectivity index (χ1) is 9.77. The smallest absolute Gasteiger partial charge is 0.0946 e. The van der Waals surface area contributed by atoms with Crippen molar-refractivity contribution in [3.63, 3.8) is 0 Å². The van der Waals surface area contributed by atoms with Crippen molar-refractivity contribution in [2.45, 2.75) is 32.6 Å². The summed E-state index contributed by atoms with van der Waals surface area (Å²) >= 11 is 0. The Balaban J connectivity index is 2.36. The normalized spacial score (nSPS) is 16.6. The molecule has 0 unspecified atom stereocenters. The molecule has 0 atom stereocenters. The molecule has 114 valence electrons. The van der Waals surface area contributed by atoms with Gasteiger partial charge in [-0.2, -0.15) is 0 Å². The van der Waals surface area contributed by atoms with Crippen LogP contribution in [-0.2, 0) is 15.5 Å². The molecule has 0 saturated heterocycles. The largest absolute Gasteiger partial charge is 0.748 e. The van der Waals surface area contributed by atoms with E-state index in [1.165, 1.54) is 5.56 Å². The van der Waals surface area contributed by atoms with E-state index in [1.54, 1.807) is 0 Å². The van der Waals surface area contributed by atoms with Crippen LogP contribution in [-0.4, -0.2) is 25.3 Å². The average Bonchev–Trinajstić information content (AvgIpc) is 2.60. The van der Waals surface area contributed by atoms with E-state index in [2.05, 4.69) is 30.5 Å². The molecule has 0 aromatic heterocycles. The summed E-state index contributed by atoms with van der Waals surface area (Å²) < 4.78 is 32.3. The number of nitrogens with zero attached hydrogens (tertiary/aromatic N) is 1. The van der Waals surface area contributed by atoms with Crippen molar-refractivity contribution >= 4 is 15.8 Å². The lowest BCUT2D eigenvalue weighted by molar-refractivity contribution is 0.461. The highest BCUT2D eigenvalue weighted by molar-refractivity contribution is 7.85. The first kappa shape index (κ1) is 15.8. The summed E-state index contributed by atoms with van der Waals surface area (Å²) in [6, 6.07) is 8.06. The third kappa shape index (κ3) is 3.21. The van der Waals surface area contributed by atoms with Crippen molar-refractivity contribution < 1.29 is 13.0 Å². The van der Waals surface area contributed by atoms with Crippen molar-refractivity contribution in [1.82, 2.24) is 0 Å². The van der Waals surface area contributed by atoms with Gasteiger partial charge in [-0.25, -0.2) is 8.42 Å². The number of benzene rings is 1. The van der Waals surface area contributed by atoms with E-state index in [9.17, 15) is 13.0 Å². The van der Waals surface area contributed by atoms with Gasteiger partial charge in [-0.1, -0.05) is 18.2 Å². The van der Waals surface area contributed by atoms with E-state index >= 15 is 0 Å². The second-order valence-corrected chi connectivity index (χ2v) is 7.21. The minimum absolute atomic E-state index is 0.181. The van der Waals surface area contributed by atoms with Gasteiger partial charge in [-0.15, -0.1) is 5.73 Å². The molecule has 0 saturated carbocycles. The third-order valence-electron chi connectivity index (χ3n) is 3.79. The lowest BCUT2D eigenvalue weighted by Crippen LogP contribution is -2.27. The zero-order valence-corrected chi connectivity index (χ0v) is 13.4. The number of hydrogen-bond acceptors (Lipinski definition) is 4. The molecule has 0 spiro atoms. The Bertz CT molecular complexity index is 698. The van der Waals surface area contributed by atoms with Gasteiger partial charge in [0.05, 0.1) is 15.8 Å². The molecular formula is C16H20NO3S-. The maximum Gasteiger partial charge on any atom is 0.0946 e. The molecule has 1 heterocycles. The molecular weight excluding hydrogens is 286 g/mol. The van der Waals surface area contributed by atoms with E-state index in [0.29, 0.717) is 13.0 Å². The molecule has 0 bridgehead atoms. The minimum Gasteiger partial charge on any atom is -0.748 e. The average molecular weight is 306 g/mol. The van der Waals surface area contributed by atoms with Crippen molar-refractivity contribution in [3.05, 3.63) is 47.3 Å². The molecule has 0 aliphatic carbocycles. The molecule has 4 nitrogen and oxygen atoms in total. The van der Waals surface area contributed by atoms with Crippen LogP contribution in [0.2, 0.25) is 0 Å². The summed E-state index contributed by atoms with van der Waals surface area (Å²) in [5, 5.41) is 0. The minimum atomic E-state index is -4.17. The number of hydrogen-bond donors (Lipinski definition) is 0. The van der Waals surface area contributed by atoms with Gasteiger partial charge in [0.1, 0.15) is 0 Å². The first-order valence-corrected chi connectivity index (χ1v) is 8.57. The molecule has 1 aromatic rings. The zero-order valence-electron chi connectivity index (χ0n) is 12.6. The predicted molar refractivity (Wildman–Crippen MR) is 83.3 cm³/mol. The summed E-state index contributed by atoms with van der Waals surface area (Å²) in [6.45, 7) is 6.66. The molecule has 5 heteroatoms. The molecule has 1 aliphatic rings. The molecule has 0 N–H and O–H groups in total. The monoisotopic (exact) mass is 306 g/mol. The van der Waals surface area contributed by atoms with Crippen LogP contribution in [0.4, 0.5) is 5.69 Å². The Labute approximate surface area is 126 Å². The van der Waals surface area contributed by atoms with Crippen LogP contribution in [0, 0.1) is 0 Å². The van der Waals surface area contributed by atoms with Gasteiger partial charge in [-0.3, -0.25) is 0 Å². The molecule has 0 amide bonds. The Morgan fingerprint density at radius 2 is 2.00 bits per heavy atom. The highest BCUT2D eigenvalue weighted by Crippen LogP contribution is 2.47. The van der Waals surface area contributed by atoms with E-state index < -0.39 is 10.1 Å². The van der Waals surface area contributed by atoms with Crippen LogP contribution in [0.15, 0.2) is 41.8 Å². The number of anilines is 1. The van der Waals surface area contributed by atoms with Gasteiger partial charge in [-0.05, 0) is 44.9 Å². The summed E-state index contributed by atoms with van der Waals surface area (Å²) in [4.78, 5) is 2.07. The van der Waals surface area contributed by atoms with Crippen molar-refractivity contribution in [2.24, 2.45) is 0 Å². The highest BCUT2D eigenvalue weighted by atomic mass is 32.2. The lowest BCUT2D eigenvalue weighted by Gasteiger charge is -2.25. The number of rotatable bonds is 4. The second-order valence-electron chi connectivity index (χ2n) is 5.69. The first-order valence-electron chi connectivity index (χ1n) is 7.00. The van der Waals surface area contributed by atoms with Crippen LogP contribution in [0.5, 0.6) is 0 Å². The Kier molecular flexibility index (Phi) is 4.28. The van der Waals surface area contributed by atoms with Crippen LogP contribution in [0.25, 0.3) is 0 Å². The van der Waals surface area contributed by atoms with E-state index in [4.69, 9.17) is 0 Å². The fraction of sp³-hybridized carbons (Fsp3) is 0.438. The van der Waals surface area contributed by atoms with Crippen molar-refractivity contribution in [1.29, 1.82) is 0 Å². The van der Waals surface area contributed by atoms with E-state index in [-0.39, 0.29) is 11.2 Å². The fourth-order valence-electron chi connectivity index (χ4n) is 2.85. The van der Waals surface area contributed by atoms with E-state index in [0.717, 1.165) is 11.4 Å². The van der Waals surface area contributed by atoms with Crippen molar-refractivity contribution in [3.8, 4) is 0 Å². The van der Waals surface area contributed by atoms with Crippen LogP contribution >= 0.6 is 0 Å². The van der Waals surface area contributed by atoms with Gasteiger partial charge in [0.15, 0.2) is 0 Å². The van der Waals surface area contributed by atoms with Gasteiger partial charge >= 0.3 is 0 Å². The molecule has 0 fully saturated rings. The molecule has 2 rings (SSSR count). The summed E-state index contributed by atoms with van der Waals surface area (Å²) in [7, 11) is -4.17. The van der Waals surface area contributed by atoms with Crippen LogP contribution in [0.1, 0.15) is 32.8 Å². The Morgan fingerprint density at radius 3 is 2.62 bits per heavy atom. The third-order valence-corrected chi connectivity index (χ3v) is 4.58. The maximum absolute atomic E-state index is 10.8. The van der Waals surface area contributed by atoms with E-state index in [1.807, 2.05) is 31.2 Å². The van der Waals surface area contributed by atoms with Gasteiger partial charge in [0, 0.05) is 23.4 Å². The summed E-state index contributed by atoms with van der Waals surface area (Å²) in [5.74, 6) is -0.338. The van der Waals surface area contributed by atoms with Gasteiger partial charge < -0.3 is 9.45 Å². The lowest BCUT2D eigenvalue weighted by atomic mass is 9.84. The van der Waals surface area contributed by atoms with Crippen molar-refractivity contribution in [2.75, 3.05) is 17.2 Å². The number of allylic oxidation sites excluding steroid dienone is 1. The molecule has 1 aliphatic heterocycles. The van der Waals surface area contributed by atoms with Crippen LogP contribution < -0.4 is 4.90 Å². The van der Waals surface area contributed by atoms with Crippen LogP contribution in [0.3, 0.4) is 0 Å². The summed E-state index contributed by atoms with van der Waals surface area (Å²) in [5.41, 5.74) is 6.36. The summed E-state index contributed by atoms with van der Waals surface area (Å²) in [6.07, 6.45) is 2.17. The number of para-hydroxylation sites is 1. The maximum atomic E-state index is 10.8. The zero-order chi connectivity index (χ0) is 15.7. The van der Waals surface area contributed by atoms with Gasteiger partial charge in [0.2, 0.25) is 0 Å². The SMILES string of the molecule is CC=C=C1N(CCCS(=O)(=O)[O-])c2ccccc2C1(C)C. The molecule has 1 aromatic carbocycles.